The summed E-state index contributed by atoms with van der Waals surface area (Å²) in [6.07, 6.45) is 4.81. The topological polar surface area (TPSA) is 68.1 Å². The number of fused-ring (bicyclic) bond motifs is 1. The van der Waals surface area contributed by atoms with Gasteiger partial charge in [0.25, 0.3) is 5.69 Å². The lowest BCUT2D eigenvalue weighted by atomic mass is 10.00. The number of aryl methyl sites for hydroxylation is 2. The fourth-order valence-electron chi connectivity index (χ4n) is 3.27. The minimum Gasteiger partial charge on any atom is -0.358 e. The number of benzene rings is 1. The van der Waals surface area contributed by atoms with Gasteiger partial charge in [0.2, 0.25) is 0 Å². The van der Waals surface area contributed by atoms with E-state index in [1.165, 1.54) is 40.3 Å². The first kappa shape index (κ1) is 15.8. The van der Waals surface area contributed by atoms with Gasteiger partial charge in [-0.1, -0.05) is 24.3 Å². The third-order valence-electron chi connectivity index (χ3n) is 4.53. The zero-order valence-electron chi connectivity index (χ0n) is 13.5. The first-order chi connectivity index (χ1) is 12.2. The molecule has 0 radical (unpaired) electrons. The van der Waals surface area contributed by atoms with Crippen LogP contribution in [0.15, 0.2) is 54.0 Å². The van der Waals surface area contributed by atoms with E-state index in [4.69, 9.17) is 0 Å². The van der Waals surface area contributed by atoms with Crippen LogP contribution >= 0.6 is 11.3 Å². The average Bonchev–Trinajstić information content (AvgIpc) is 3.31. The van der Waals surface area contributed by atoms with Crippen molar-refractivity contribution in [2.45, 2.75) is 25.3 Å². The van der Waals surface area contributed by atoms with E-state index >= 15 is 0 Å². The number of pyridine rings is 1. The largest absolute Gasteiger partial charge is 0.358 e. The second-order valence-corrected chi connectivity index (χ2v) is 7.11. The highest BCUT2D eigenvalue weighted by atomic mass is 32.1. The van der Waals surface area contributed by atoms with Crippen molar-refractivity contribution in [3.8, 4) is 0 Å². The van der Waals surface area contributed by atoms with Crippen LogP contribution in [0.25, 0.3) is 0 Å². The van der Waals surface area contributed by atoms with Crippen molar-refractivity contribution < 1.29 is 4.92 Å². The smallest absolute Gasteiger partial charge is 0.287 e. The van der Waals surface area contributed by atoms with E-state index in [9.17, 15) is 10.1 Å². The maximum atomic E-state index is 10.8. The molecular weight excluding hydrogens is 334 g/mol. The zero-order valence-corrected chi connectivity index (χ0v) is 14.3. The Hall–Kier alpha value is -2.73. The van der Waals surface area contributed by atoms with Gasteiger partial charge in [0, 0.05) is 10.9 Å². The molecule has 5 nitrogen and oxygen atoms in total. The monoisotopic (exact) mass is 351 g/mol. The van der Waals surface area contributed by atoms with Crippen molar-refractivity contribution in [1.29, 1.82) is 0 Å². The number of nitro groups is 1. The molecule has 1 atom stereocenters. The van der Waals surface area contributed by atoms with Gasteiger partial charge in [0.15, 0.2) is 0 Å². The van der Waals surface area contributed by atoms with Crippen LogP contribution in [-0.4, -0.2) is 9.91 Å². The van der Waals surface area contributed by atoms with Crippen LogP contribution in [0.5, 0.6) is 0 Å². The Bertz CT molecular complexity index is 892. The molecule has 0 saturated carbocycles. The van der Waals surface area contributed by atoms with Crippen molar-refractivity contribution in [3.63, 3.8) is 0 Å². The Morgan fingerprint density at radius 3 is 2.76 bits per heavy atom. The molecule has 1 aromatic carbocycles. The fraction of sp³-hybridized carbons (Fsp3) is 0.211. The quantitative estimate of drug-likeness (QED) is 0.532. The first-order valence-corrected chi connectivity index (χ1v) is 9.11. The first-order valence-electron chi connectivity index (χ1n) is 8.23. The molecule has 0 amide bonds. The van der Waals surface area contributed by atoms with Crippen LogP contribution in [0.2, 0.25) is 0 Å². The third kappa shape index (κ3) is 3.25. The van der Waals surface area contributed by atoms with Crippen LogP contribution in [0, 0.1) is 10.1 Å². The summed E-state index contributed by atoms with van der Waals surface area (Å²) in [4.78, 5) is 15.8. The van der Waals surface area contributed by atoms with Gasteiger partial charge in [0.05, 0.1) is 11.0 Å². The van der Waals surface area contributed by atoms with Crippen LogP contribution in [0.4, 0.5) is 11.5 Å². The van der Waals surface area contributed by atoms with E-state index in [1.807, 2.05) is 6.07 Å². The average molecular weight is 351 g/mol. The number of nitrogens with one attached hydrogen (secondary N) is 1. The summed E-state index contributed by atoms with van der Waals surface area (Å²) in [5.74, 6) is 0.629. The molecule has 126 valence electrons. The maximum Gasteiger partial charge on any atom is 0.287 e. The fourth-order valence-corrected chi connectivity index (χ4v) is 4.08. The van der Waals surface area contributed by atoms with Crippen molar-refractivity contribution >= 4 is 22.8 Å². The molecule has 3 aromatic rings. The molecule has 2 heterocycles. The van der Waals surface area contributed by atoms with Crippen molar-refractivity contribution in [2.75, 3.05) is 5.32 Å². The van der Waals surface area contributed by atoms with Crippen molar-refractivity contribution in [3.05, 3.63) is 85.7 Å². The zero-order chi connectivity index (χ0) is 17.2. The Balaban J connectivity index is 1.66. The minimum absolute atomic E-state index is 0.00393. The second kappa shape index (κ2) is 6.64. The van der Waals surface area contributed by atoms with Crippen molar-refractivity contribution in [2.24, 2.45) is 0 Å². The molecule has 6 heteroatoms. The molecule has 4 rings (SSSR count). The van der Waals surface area contributed by atoms with E-state index in [2.05, 4.69) is 39.9 Å². The van der Waals surface area contributed by atoms with Gasteiger partial charge in [0.1, 0.15) is 12.0 Å². The molecule has 0 fully saturated rings. The van der Waals surface area contributed by atoms with Gasteiger partial charge in [-0.05, 0) is 53.5 Å². The van der Waals surface area contributed by atoms with Crippen LogP contribution in [-0.2, 0) is 12.8 Å². The number of nitrogens with zero attached hydrogens (tertiary/aromatic N) is 2. The lowest BCUT2D eigenvalue weighted by Crippen LogP contribution is -2.12. The van der Waals surface area contributed by atoms with Gasteiger partial charge in [-0.25, -0.2) is 4.98 Å². The predicted octanol–water partition coefficient (Wildman–Crippen LogP) is 4.74. The highest BCUT2D eigenvalue weighted by molar-refractivity contribution is 7.10. The molecule has 0 bridgehead atoms. The number of rotatable bonds is 5. The normalized spacial score (nSPS) is 14.1. The van der Waals surface area contributed by atoms with Crippen molar-refractivity contribution in [1.82, 2.24) is 4.98 Å². The summed E-state index contributed by atoms with van der Waals surface area (Å²) in [7, 11) is 0. The maximum absolute atomic E-state index is 10.8. The second-order valence-electron chi connectivity index (χ2n) is 6.13. The predicted molar refractivity (Wildman–Crippen MR) is 99.1 cm³/mol. The van der Waals surface area contributed by atoms with E-state index in [0.29, 0.717) is 5.82 Å². The van der Waals surface area contributed by atoms with Crippen LogP contribution < -0.4 is 5.32 Å². The molecule has 1 aliphatic carbocycles. The molecule has 1 aliphatic rings. The number of hydrogen-bond acceptors (Lipinski definition) is 5. The van der Waals surface area contributed by atoms with E-state index in [0.717, 1.165) is 12.8 Å². The highest BCUT2D eigenvalue weighted by Gasteiger charge is 2.19. The third-order valence-corrected chi connectivity index (χ3v) is 5.47. The minimum atomic E-state index is -0.436. The number of hydrogen-bond donors (Lipinski definition) is 1. The number of anilines is 1. The number of thiophene rings is 1. The summed E-state index contributed by atoms with van der Waals surface area (Å²) in [5, 5.41) is 16.3. The molecule has 0 unspecified atom stereocenters. The van der Waals surface area contributed by atoms with Gasteiger partial charge in [-0.2, -0.15) is 0 Å². The van der Waals surface area contributed by atoms with Gasteiger partial charge in [-0.15, -0.1) is 11.3 Å². The molecule has 2 aromatic heterocycles. The lowest BCUT2D eigenvalue weighted by molar-refractivity contribution is -0.385. The molecule has 0 aliphatic heterocycles. The van der Waals surface area contributed by atoms with Gasteiger partial charge >= 0.3 is 0 Å². The van der Waals surface area contributed by atoms with Gasteiger partial charge in [-0.3, -0.25) is 10.1 Å². The molecule has 1 N–H and O–H groups in total. The number of aromatic nitrogens is 1. The van der Waals surface area contributed by atoms with E-state index < -0.39 is 4.92 Å². The Kier molecular flexibility index (Phi) is 4.19. The van der Waals surface area contributed by atoms with E-state index in [-0.39, 0.29) is 11.7 Å². The van der Waals surface area contributed by atoms with Gasteiger partial charge < -0.3 is 5.32 Å². The lowest BCUT2D eigenvalue weighted by Gasteiger charge is -2.19. The molecule has 0 saturated heterocycles. The summed E-state index contributed by atoms with van der Waals surface area (Å²) >= 11 is 1.69. The Labute approximate surface area is 149 Å². The molecule has 0 spiro atoms. The van der Waals surface area contributed by atoms with Crippen LogP contribution in [0.3, 0.4) is 0 Å². The SMILES string of the molecule is O=[N+]([O-])c1ccc(N[C@@H](c2ccc3c(c2)CCC3)c2cccs2)nc1. The Morgan fingerprint density at radius 1 is 1.16 bits per heavy atom. The highest BCUT2D eigenvalue weighted by Crippen LogP contribution is 2.32. The van der Waals surface area contributed by atoms with E-state index in [1.54, 1.807) is 17.4 Å². The summed E-state index contributed by atoms with van der Waals surface area (Å²) in [6.45, 7) is 0. The summed E-state index contributed by atoms with van der Waals surface area (Å²) < 4.78 is 0. The molecule has 25 heavy (non-hydrogen) atoms. The summed E-state index contributed by atoms with van der Waals surface area (Å²) in [5.41, 5.74) is 4.07. The Morgan fingerprint density at radius 2 is 2.04 bits per heavy atom. The summed E-state index contributed by atoms with van der Waals surface area (Å²) in [6, 6.07) is 13.9. The standard InChI is InChI=1S/C19H17N3O2S/c23-22(24)16-8-9-18(20-12-16)21-19(17-5-2-10-25-17)15-7-6-13-3-1-4-14(13)11-15/h2,5-12,19H,1,3-4H2,(H,20,21)/t19-/m0/s1. The molecular formula is C19H17N3O2S. The van der Waals surface area contributed by atoms with Crippen LogP contribution in [0.1, 0.15) is 34.0 Å².